The molecule has 1 aliphatic carbocycles. The van der Waals surface area contributed by atoms with Crippen LogP contribution in [-0.4, -0.2) is 24.0 Å². The number of carbonyl (C=O) groups is 1. The van der Waals surface area contributed by atoms with Gasteiger partial charge in [-0.25, -0.2) is 4.79 Å². The Kier molecular flexibility index (Phi) is 5.41. The minimum absolute atomic E-state index is 0.0276. The molecule has 0 aromatic heterocycles. The molecular formula is C16H25N3O. The van der Waals surface area contributed by atoms with Gasteiger partial charge in [-0.1, -0.05) is 43.5 Å². The highest BCUT2D eigenvalue weighted by molar-refractivity contribution is 5.74. The van der Waals surface area contributed by atoms with Gasteiger partial charge in [0.1, 0.15) is 0 Å². The Morgan fingerprint density at radius 1 is 1.20 bits per heavy atom. The summed E-state index contributed by atoms with van der Waals surface area (Å²) < 4.78 is 0. The quantitative estimate of drug-likeness (QED) is 0.887. The maximum absolute atomic E-state index is 12.1. The fourth-order valence-electron chi connectivity index (χ4n) is 2.66. The normalized spacial score (nSPS) is 15.9. The molecule has 0 atom stereocenters. The molecule has 2 rings (SSSR count). The molecule has 1 aromatic rings. The lowest BCUT2D eigenvalue weighted by Gasteiger charge is -2.26. The number of benzene rings is 1. The van der Waals surface area contributed by atoms with Gasteiger partial charge < -0.3 is 16.0 Å². The molecule has 2 amide bonds. The van der Waals surface area contributed by atoms with Crippen LogP contribution >= 0.6 is 0 Å². The molecule has 0 unspecified atom stereocenters. The second-order valence-corrected chi connectivity index (χ2v) is 5.66. The highest BCUT2D eigenvalue weighted by Crippen LogP contribution is 2.17. The van der Waals surface area contributed by atoms with E-state index in [1.165, 1.54) is 19.3 Å². The maximum Gasteiger partial charge on any atom is 0.317 e. The van der Waals surface area contributed by atoms with Gasteiger partial charge in [-0.2, -0.15) is 0 Å². The second kappa shape index (κ2) is 7.29. The van der Waals surface area contributed by atoms with Gasteiger partial charge in [0.05, 0.1) is 0 Å². The van der Waals surface area contributed by atoms with Crippen LogP contribution in [0.2, 0.25) is 0 Å². The smallest absolute Gasteiger partial charge is 0.317 e. The molecule has 20 heavy (non-hydrogen) atoms. The van der Waals surface area contributed by atoms with Crippen LogP contribution in [-0.2, 0) is 13.1 Å². The van der Waals surface area contributed by atoms with Crippen LogP contribution in [0.1, 0.15) is 43.2 Å². The molecule has 0 aliphatic heterocycles. The van der Waals surface area contributed by atoms with Crippen LogP contribution in [0.15, 0.2) is 24.3 Å². The van der Waals surface area contributed by atoms with E-state index in [4.69, 9.17) is 5.73 Å². The van der Waals surface area contributed by atoms with Gasteiger partial charge in [-0.05, 0) is 24.0 Å². The minimum atomic E-state index is 0.0276. The molecule has 1 aliphatic rings. The summed E-state index contributed by atoms with van der Waals surface area (Å²) in [4.78, 5) is 13.9. The molecule has 0 bridgehead atoms. The van der Waals surface area contributed by atoms with E-state index in [0.29, 0.717) is 19.1 Å². The first kappa shape index (κ1) is 14.9. The third-order valence-electron chi connectivity index (χ3n) is 3.96. The first-order chi connectivity index (χ1) is 9.69. The first-order valence-electron chi connectivity index (χ1n) is 7.48. The van der Waals surface area contributed by atoms with Crippen LogP contribution in [0.3, 0.4) is 0 Å². The number of nitrogens with two attached hydrogens (primary N) is 1. The van der Waals surface area contributed by atoms with Gasteiger partial charge >= 0.3 is 6.03 Å². The fourth-order valence-corrected chi connectivity index (χ4v) is 2.66. The van der Waals surface area contributed by atoms with E-state index in [0.717, 1.165) is 24.0 Å². The molecule has 0 spiro atoms. The Bertz CT molecular complexity index is 424. The molecule has 3 N–H and O–H groups in total. The molecule has 0 saturated heterocycles. The number of nitrogens with zero attached hydrogens (tertiary/aromatic N) is 1. The largest absolute Gasteiger partial charge is 0.335 e. The van der Waals surface area contributed by atoms with Crippen molar-refractivity contribution in [3.05, 3.63) is 35.4 Å². The van der Waals surface area contributed by atoms with E-state index in [9.17, 15) is 4.79 Å². The average molecular weight is 275 g/mol. The summed E-state index contributed by atoms with van der Waals surface area (Å²) in [6, 6.07) is 8.49. The number of amides is 2. The lowest BCUT2D eigenvalue weighted by atomic mass is 9.96. The van der Waals surface area contributed by atoms with Gasteiger partial charge in [0.25, 0.3) is 0 Å². The van der Waals surface area contributed by atoms with Gasteiger partial charge in [-0.15, -0.1) is 0 Å². The molecule has 1 fully saturated rings. The summed E-state index contributed by atoms with van der Waals surface area (Å²) in [6.07, 6.45) is 6.00. The van der Waals surface area contributed by atoms with Crippen molar-refractivity contribution in [3.63, 3.8) is 0 Å². The first-order valence-corrected chi connectivity index (χ1v) is 7.48. The molecular weight excluding hydrogens is 250 g/mol. The van der Waals surface area contributed by atoms with E-state index < -0.39 is 0 Å². The van der Waals surface area contributed by atoms with E-state index >= 15 is 0 Å². The van der Waals surface area contributed by atoms with Gasteiger partial charge in [0, 0.05) is 26.2 Å². The maximum atomic E-state index is 12.1. The van der Waals surface area contributed by atoms with Crippen molar-refractivity contribution in [2.24, 2.45) is 5.73 Å². The van der Waals surface area contributed by atoms with Crippen molar-refractivity contribution in [3.8, 4) is 0 Å². The number of hydrogen-bond donors (Lipinski definition) is 2. The van der Waals surface area contributed by atoms with Crippen molar-refractivity contribution in [2.45, 2.75) is 51.2 Å². The molecule has 110 valence electrons. The Balaban J connectivity index is 1.83. The summed E-state index contributed by atoms with van der Waals surface area (Å²) in [6.45, 7) is 1.18. The zero-order valence-corrected chi connectivity index (χ0v) is 12.3. The number of carbonyl (C=O) groups excluding carboxylic acids is 1. The third kappa shape index (κ3) is 4.23. The van der Waals surface area contributed by atoms with Crippen molar-refractivity contribution < 1.29 is 4.79 Å². The number of rotatable bonds is 4. The van der Waals surface area contributed by atoms with Crippen LogP contribution < -0.4 is 11.1 Å². The monoisotopic (exact) mass is 275 g/mol. The van der Waals surface area contributed by atoms with E-state index in [1.807, 2.05) is 31.3 Å². The molecule has 1 aromatic carbocycles. The van der Waals surface area contributed by atoms with E-state index in [-0.39, 0.29) is 6.03 Å². The minimum Gasteiger partial charge on any atom is -0.335 e. The Morgan fingerprint density at radius 2 is 1.80 bits per heavy atom. The predicted molar refractivity (Wildman–Crippen MR) is 81.2 cm³/mol. The molecule has 4 heteroatoms. The van der Waals surface area contributed by atoms with Crippen LogP contribution in [0, 0.1) is 0 Å². The zero-order valence-electron chi connectivity index (χ0n) is 12.3. The Labute approximate surface area is 121 Å². The fraction of sp³-hybridized carbons (Fsp3) is 0.562. The molecule has 4 nitrogen and oxygen atoms in total. The van der Waals surface area contributed by atoms with Crippen molar-refractivity contribution in [2.75, 3.05) is 7.05 Å². The average Bonchev–Trinajstić information content (AvgIpc) is 2.49. The van der Waals surface area contributed by atoms with Crippen LogP contribution in [0.4, 0.5) is 4.79 Å². The summed E-state index contributed by atoms with van der Waals surface area (Å²) in [5.41, 5.74) is 7.82. The van der Waals surface area contributed by atoms with Crippen LogP contribution in [0.25, 0.3) is 0 Å². The van der Waals surface area contributed by atoms with E-state index in [2.05, 4.69) is 5.32 Å². The summed E-state index contributed by atoms with van der Waals surface area (Å²) >= 11 is 0. The topological polar surface area (TPSA) is 58.4 Å². The van der Waals surface area contributed by atoms with Crippen molar-refractivity contribution in [1.29, 1.82) is 0 Å². The van der Waals surface area contributed by atoms with E-state index in [1.54, 1.807) is 4.90 Å². The van der Waals surface area contributed by atoms with Crippen LogP contribution in [0.5, 0.6) is 0 Å². The third-order valence-corrected chi connectivity index (χ3v) is 3.96. The van der Waals surface area contributed by atoms with Gasteiger partial charge in [0.15, 0.2) is 0 Å². The lowest BCUT2D eigenvalue weighted by molar-refractivity contribution is 0.198. The predicted octanol–water partition coefficient (Wildman–Crippen LogP) is 2.62. The summed E-state index contributed by atoms with van der Waals surface area (Å²) in [5, 5.41) is 3.13. The highest BCUT2D eigenvalue weighted by Gasteiger charge is 2.17. The number of nitrogens with one attached hydrogen (secondary N) is 1. The Hall–Kier alpha value is -1.55. The second-order valence-electron chi connectivity index (χ2n) is 5.66. The molecule has 1 saturated carbocycles. The van der Waals surface area contributed by atoms with Gasteiger partial charge in [-0.3, -0.25) is 0 Å². The molecule has 0 radical (unpaired) electrons. The number of hydrogen-bond acceptors (Lipinski definition) is 2. The van der Waals surface area contributed by atoms with Gasteiger partial charge in [0.2, 0.25) is 0 Å². The van der Waals surface area contributed by atoms with Crippen molar-refractivity contribution >= 4 is 6.03 Å². The standard InChI is InChI=1S/C16H25N3O/c1-19(12-14-9-7-13(11-17)8-10-14)16(20)18-15-5-3-2-4-6-15/h7-10,15H,2-6,11-12,17H2,1H3,(H,18,20). The number of urea groups is 1. The Morgan fingerprint density at radius 3 is 2.40 bits per heavy atom. The summed E-state index contributed by atoms with van der Waals surface area (Å²) in [5.74, 6) is 0. The lowest BCUT2D eigenvalue weighted by Crippen LogP contribution is -2.43. The molecule has 0 heterocycles. The highest BCUT2D eigenvalue weighted by atomic mass is 16.2. The summed E-state index contributed by atoms with van der Waals surface area (Å²) in [7, 11) is 1.84. The zero-order chi connectivity index (χ0) is 14.4. The van der Waals surface area contributed by atoms with Crippen molar-refractivity contribution in [1.82, 2.24) is 10.2 Å². The SMILES string of the molecule is CN(Cc1ccc(CN)cc1)C(=O)NC1CCCCC1.